The molecule has 0 N–H and O–H groups in total. The zero-order chi connectivity index (χ0) is 14.6. The van der Waals surface area contributed by atoms with Crippen molar-refractivity contribution in [1.29, 1.82) is 0 Å². The lowest BCUT2D eigenvalue weighted by molar-refractivity contribution is -0.140. The lowest BCUT2D eigenvalue weighted by Gasteiger charge is -2.39. The zero-order valence-corrected chi connectivity index (χ0v) is 12.3. The van der Waals surface area contributed by atoms with Gasteiger partial charge in [-0.15, -0.1) is 12.3 Å². The highest BCUT2D eigenvalue weighted by molar-refractivity contribution is 5.82. The number of hydrogen-bond donors (Lipinski definition) is 0. The molecule has 3 nitrogen and oxygen atoms in total. The fourth-order valence-electron chi connectivity index (χ4n) is 2.57. The van der Waals surface area contributed by atoms with Gasteiger partial charge in [-0.2, -0.15) is 0 Å². The van der Waals surface area contributed by atoms with Gasteiger partial charge in [0.05, 0.1) is 5.41 Å². The average molecular weight is 270 g/mol. The zero-order valence-electron chi connectivity index (χ0n) is 12.3. The van der Waals surface area contributed by atoms with Crippen LogP contribution in [0.5, 0.6) is 0 Å². The smallest absolute Gasteiger partial charge is 0.229 e. The number of carbonyl (C=O) groups is 1. The molecule has 1 fully saturated rings. The van der Waals surface area contributed by atoms with Crippen LogP contribution in [0.3, 0.4) is 0 Å². The van der Waals surface area contributed by atoms with Crippen molar-refractivity contribution in [2.45, 2.75) is 20.3 Å². The van der Waals surface area contributed by atoms with Crippen LogP contribution in [-0.4, -0.2) is 37.0 Å². The van der Waals surface area contributed by atoms with Crippen LogP contribution in [0, 0.1) is 17.8 Å². The van der Waals surface area contributed by atoms with Crippen LogP contribution in [0.15, 0.2) is 30.3 Å². The molecule has 1 heterocycles. The second kappa shape index (κ2) is 6.00. The molecule has 0 spiro atoms. The number of carbonyl (C=O) groups excluding carboxylic acids is 1. The summed E-state index contributed by atoms with van der Waals surface area (Å²) in [4.78, 5) is 16.7. The van der Waals surface area contributed by atoms with Gasteiger partial charge in [-0.05, 0) is 12.1 Å². The highest BCUT2D eigenvalue weighted by Crippen LogP contribution is 2.24. The first-order valence-corrected chi connectivity index (χ1v) is 7.07. The summed E-state index contributed by atoms with van der Waals surface area (Å²) in [5.74, 6) is 2.77. The van der Waals surface area contributed by atoms with E-state index in [1.54, 1.807) is 0 Å². The number of rotatable bonds is 3. The van der Waals surface area contributed by atoms with Gasteiger partial charge in [0.2, 0.25) is 5.91 Å². The number of terminal acetylenes is 1. The van der Waals surface area contributed by atoms with Crippen molar-refractivity contribution in [3.8, 4) is 12.3 Å². The number of piperazine rings is 1. The third-order valence-corrected chi connectivity index (χ3v) is 3.81. The first-order valence-electron chi connectivity index (χ1n) is 7.07. The molecule has 1 aromatic rings. The number of nitrogens with zero attached hydrogens (tertiary/aromatic N) is 2. The molecule has 0 unspecified atom stereocenters. The Labute approximate surface area is 121 Å². The molecule has 0 atom stereocenters. The SMILES string of the molecule is C#CCC(C)(C)C(=O)N1CCN(c2ccccc2)CC1. The Morgan fingerprint density at radius 2 is 1.80 bits per heavy atom. The van der Waals surface area contributed by atoms with Crippen LogP contribution >= 0.6 is 0 Å². The second-order valence-electron chi connectivity index (χ2n) is 5.88. The van der Waals surface area contributed by atoms with Crippen LogP contribution in [-0.2, 0) is 4.79 Å². The Balaban J connectivity index is 1.95. The van der Waals surface area contributed by atoms with Gasteiger partial charge in [0.25, 0.3) is 0 Å². The number of benzene rings is 1. The topological polar surface area (TPSA) is 23.6 Å². The predicted molar refractivity (Wildman–Crippen MR) is 82.5 cm³/mol. The Kier molecular flexibility index (Phi) is 4.34. The van der Waals surface area contributed by atoms with Gasteiger partial charge in [0.1, 0.15) is 0 Å². The first-order chi connectivity index (χ1) is 9.54. The number of para-hydroxylation sites is 1. The van der Waals surface area contributed by atoms with E-state index in [9.17, 15) is 4.79 Å². The van der Waals surface area contributed by atoms with Crippen LogP contribution in [0.1, 0.15) is 20.3 Å². The Hall–Kier alpha value is -1.95. The number of amides is 1. The molecule has 2 rings (SSSR count). The van der Waals surface area contributed by atoms with E-state index in [0.717, 1.165) is 26.2 Å². The van der Waals surface area contributed by atoms with Crippen molar-refractivity contribution in [1.82, 2.24) is 4.90 Å². The molecule has 0 aromatic heterocycles. The largest absolute Gasteiger partial charge is 0.368 e. The predicted octanol–water partition coefficient (Wildman–Crippen LogP) is 2.38. The maximum atomic E-state index is 12.5. The minimum atomic E-state index is -0.455. The molecular weight excluding hydrogens is 248 g/mol. The molecule has 1 aromatic carbocycles. The van der Waals surface area contributed by atoms with Crippen molar-refractivity contribution in [2.24, 2.45) is 5.41 Å². The maximum absolute atomic E-state index is 12.5. The quantitative estimate of drug-likeness (QED) is 0.787. The molecular formula is C17H22N2O. The van der Waals surface area contributed by atoms with E-state index in [0.29, 0.717) is 6.42 Å². The van der Waals surface area contributed by atoms with Gasteiger partial charge >= 0.3 is 0 Å². The van der Waals surface area contributed by atoms with Crippen LogP contribution in [0.2, 0.25) is 0 Å². The minimum absolute atomic E-state index is 0.170. The van der Waals surface area contributed by atoms with E-state index in [4.69, 9.17) is 6.42 Å². The van der Waals surface area contributed by atoms with E-state index in [2.05, 4.69) is 23.0 Å². The van der Waals surface area contributed by atoms with Gasteiger partial charge < -0.3 is 9.80 Å². The molecule has 20 heavy (non-hydrogen) atoms. The average Bonchev–Trinajstić information content (AvgIpc) is 2.47. The summed E-state index contributed by atoms with van der Waals surface area (Å²) in [5.41, 5.74) is 0.770. The Morgan fingerprint density at radius 3 is 2.35 bits per heavy atom. The normalized spacial score (nSPS) is 15.8. The first kappa shape index (κ1) is 14.5. The van der Waals surface area contributed by atoms with E-state index in [1.807, 2.05) is 36.9 Å². The van der Waals surface area contributed by atoms with Gasteiger partial charge in [-0.1, -0.05) is 32.0 Å². The fraction of sp³-hybridized carbons (Fsp3) is 0.471. The lowest BCUT2D eigenvalue weighted by atomic mass is 9.88. The number of anilines is 1. The van der Waals surface area contributed by atoms with Crippen molar-refractivity contribution in [3.05, 3.63) is 30.3 Å². The molecule has 0 radical (unpaired) electrons. The van der Waals surface area contributed by atoms with E-state index in [-0.39, 0.29) is 5.91 Å². The van der Waals surface area contributed by atoms with Gasteiger partial charge in [0, 0.05) is 38.3 Å². The highest BCUT2D eigenvalue weighted by atomic mass is 16.2. The molecule has 1 saturated heterocycles. The van der Waals surface area contributed by atoms with Gasteiger partial charge in [0.15, 0.2) is 0 Å². The van der Waals surface area contributed by atoms with Crippen molar-refractivity contribution < 1.29 is 4.79 Å². The summed E-state index contributed by atoms with van der Waals surface area (Å²) >= 11 is 0. The summed E-state index contributed by atoms with van der Waals surface area (Å²) in [6.45, 7) is 7.14. The van der Waals surface area contributed by atoms with Crippen LogP contribution < -0.4 is 4.90 Å². The summed E-state index contributed by atoms with van der Waals surface area (Å²) in [6, 6.07) is 10.3. The molecule has 106 valence electrons. The van der Waals surface area contributed by atoms with E-state index < -0.39 is 5.41 Å². The fourth-order valence-corrected chi connectivity index (χ4v) is 2.57. The molecule has 0 saturated carbocycles. The molecule has 0 bridgehead atoms. The lowest BCUT2D eigenvalue weighted by Crippen LogP contribution is -2.52. The molecule has 1 aliphatic heterocycles. The van der Waals surface area contributed by atoms with E-state index >= 15 is 0 Å². The van der Waals surface area contributed by atoms with Gasteiger partial charge in [-0.3, -0.25) is 4.79 Å². The third-order valence-electron chi connectivity index (χ3n) is 3.81. The van der Waals surface area contributed by atoms with E-state index in [1.165, 1.54) is 5.69 Å². The standard InChI is InChI=1S/C17H22N2O/c1-4-10-17(2,3)16(20)19-13-11-18(12-14-19)15-8-6-5-7-9-15/h1,5-9H,10-14H2,2-3H3. The molecule has 1 amide bonds. The van der Waals surface area contributed by atoms with Crippen LogP contribution in [0.4, 0.5) is 5.69 Å². The molecule has 1 aliphatic rings. The Morgan fingerprint density at radius 1 is 1.20 bits per heavy atom. The molecule has 0 aliphatic carbocycles. The monoisotopic (exact) mass is 270 g/mol. The highest BCUT2D eigenvalue weighted by Gasteiger charge is 2.32. The second-order valence-corrected chi connectivity index (χ2v) is 5.88. The Bertz CT molecular complexity index is 493. The van der Waals surface area contributed by atoms with Crippen molar-refractivity contribution in [3.63, 3.8) is 0 Å². The summed E-state index contributed by atoms with van der Waals surface area (Å²) in [5, 5.41) is 0. The number of hydrogen-bond acceptors (Lipinski definition) is 2. The van der Waals surface area contributed by atoms with Crippen molar-refractivity contribution >= 4 is 11.6 Å². The minimum Gasteiger partial charge on any atom is -0.368 e. The van der Waals surface area contributed by atoms with Crippen LogP contribution in [0.25, 0.3) is 0 Å². The van der Waals surface area contributed by atoms with Gasteiger partial charge in [-0.25, -0.2) is 0 Å². The summed E-state index contributed by atoms with van der Waals surface area (Å²) in [6.07, 6.45) is 5.84. The van der Waals surface area contributed by atoms with Crippen molar-refractivity contribution in [2.75, 3.05) is 31.1 Å². The molecule has 3 heteroatoms. The summed E-state index contributed by atoms with van der Waals surface area (Å²) < 4.78 is 0. The maximum Gasteiger partial charge on any atom is 0.229 e. The summed E-state index contributed by atoms with van der Waals surface area (Å²) in [7, 11) is 0. The third kappa shape index (κ3) is 3.14.